The fraction of sp³-hybridized carbons (Fsp3) is 0.529. The summed E-state index contributed by atoms with van der Waals surface area (Å²) in [4.78, 5) is 25.6. The SMILES string of the molecule is CCC1(N(CC(=O)OC)C(=O)OCc2ccccc2)CCC1. The molecule has 0 unspecified atom stereocenters. The van der Waals surface area contributed by atoms with E-state index in [4.69, 9.17) is 9.47 Å². The van der Waals surface area contributed by atoms with Crippen LogP contribution in [0.4, 0.5) is 4.79 Å². The van der Waals surface area contributed by atoms with Crippen LogP contribution in [0.15, 0.2) is 30.3 Å². The minimum atomic E-state index is -0.448. The molecule has 0 saturated heterocycles. The van der Waals surface area contributed by atoms with E-state index < -0.39 is 12.1 Å². The van der Waals surface area contributed by atoms with Gasteiger partial charge in [-0.15, -0.1) is 0 Å². The van der Waals surface area contributed by atoms with Gasteiger partial charge in [-0.1, -0.05) is 37.3 Å². The molecule has 1 fully saturated rings. The smallest absolute Gasteiger partial charge is 0.411 e. The molecule has 0 bridgehead atoms. The van der Waals surface area contributed by atoms with E-state index in [0.717, 1.165) is 31.2 Å². The number of nitrogens with zero attached hydrogens (tertiary/aromatic N) is 1. The van der Waals surface area contributed by atoms with Crippen LogP contribution in [0.5, 0.6) is 0 Å². The summed E-state index contributed by atoms with van der Waals surface area (Å²) in [6.45, 7) is 2.18. The van der Waals surface area contributed by atoms with E-state index in [9.17, 15) is 9.59 Å². The van der Waals surface area contributed by atoms with Crippen molar-refractivity contribution in [2.24, 2.45) is 0 Å². The molecule has 0 radical (unpaired) electrons. The van der Waals surface area contributed by atoms with Gasteiger partial charge in [-0.3, -0.25) is 9.69 Å². The Kier molecular flexibility index (Phi) is 5.41. The van der Waals surface area contributed by atoms with Crippen molar-refractivity contribution in [1.82, 2.24) is 4.90 Å². The molecule has 1 aromatic carbocycles. The van der Waals surface area contributed by atoms with E-state index in [1.807, 2.05) is 37.3 Å². The summed E-state index contributed by atoms with van der Waals surface area (Å²) in [5.74, 6) is -0.420. The third kappa shape index (κ3) is 3.59. The Bertz CT molecular complexity index is 505. The molecular formula is C17H23NO4. The summed E-state index contributed by atoms with van der Waals surface area (Å²) in [6.07, 6.45) is 3.24. The molecule has 0 heterocycles. The van der Waals surface area contributed by atoms with Crippen LogP contribution in [0.3, 0.4) is 0 Å². The molecule has 0 spiro atoms. The van der Waals surface area contributed by atoms with Gasteiger partial charge in [-0.25, -0.2) is 4.79 Å². The average molecular weight is 305 g/mol. The number of benzene rings is 1. The first-order chi connectivity index (χ1) is 10.6. The second-order valence-electron chi connectivity index (χ2n) is 5.63. The van der Waals surface area contributed by atoms with E-state index in [1.165, 1.54) is 7.11 Å². The van der Waals surface area contributed by atoms with E-state index in [0.29, 0.717) is 0 Å². The summed E-state index contributed by atoms with van der Waals surface area (Å²) in [5.41, 5.74) is 0.662. The Balaban J connectivity index is 2.03. The van der Waals surface area contributed by atoms with Crippen LogP contribution < -0.4 is 0 Å². The van der Waals surface area contributed by atoms with Crippen LogP contribution in [-0.2, 0) is 20.9 Å². The van der Waals surface area contributed by atoms with Crippen LogP contribution in [-0.4, -0.2) is 36.2 Å². The van der Waals surface area contributed by atoms with Gasteiger partial charge in [0.1, 0.15) is 13.2 Å². The van der Waals surface area contributed by atoms with Gasteiger partial charge >= 0.3 is 12.1 Å². The van der Waals surface area contributed by atoms with Gasteiger partial charge in [0.2, 0.25) is 0 Å². The molecule has 2 rings (SSSR count). The van der Waals surface area contributed by atoms with Crippen molar-refractivity contribution in [3.8, 4) is 0 Å². The highest BCUT2D eigenvalue weighted by atomic mass is 16.6. The van der Waals surface area contributed by atoms with Crippen molar-refractivity contribution >= 4 is 12.1 Å². The highest BCUT2D eigenvalue weighted by molar-refractivity contribution is 5.78. The number of hydrogen-bond donors (Lipinski definition) is 0. The van der Waals surface area contributed by atoms with Crippen LogP contribution >= 0.6 is 0 Å². The minimum Gasteiger partial charge on any atom is -0.468 e. The van der Waals surface area contributed by atoms with Crippen molar-refractivity contribution in [2.45, 2.75) is 44.8 Å². The fourth-order valence-electron chi connectivity index (χ4n) is 2.82. The highest BCUT2D eigenvalue weighted by Crippen LogP contribution is 2.40. The number of ether oxygens (including phenoxy) is 2. The van der Waals surface area contributed by atoms with Crippen molar-refractivity contribution < 1.29 is 19.1 Å². The molecule has 1 aliphatic rings. The predicted molar refractivity (Wildman–Crippen MR) is 82.2 cm³/mol. The third-order valence-corrected chi connectivity index (χ3v) is 4.46. The topological polar surface area (TPSA) is 55.8 Å². The Morgan fingerprint density at radius 1 is 1.23 bits per heavy atom. The molecule has 0 atom stereocenters. The van der Waals surface area contributed by atoms with Crippen molar-refractivity contribution in [1.29, 1.82) is 0 Å². The van der Waals surface area contributed by atoms with Crippen LogP contribution in [0, 0.1) is 0 Å². The fourth-order valence-corrected chi connectivity index (χ4v) is 2.82. The molecule has 5 heteroatoms. The first-order valence-electron chi connectivity index (χ1n) is 7.66. The highest BCUT2D eigenvalue weighted by Gasteiger charge is 2.45. The molecule has 0 N–H and O–H groups in total. The molecule has 0 aliphatic heterocycles. The maximum Gasteiger partial charge on any atom is 0.411 e. The summed E-state index contributed by atoms with van der Waals surface area (Å²) < 4.78 is 10.1. The first-order valence-corrected chi connectivity index (χ1v) is 7.66. The average Bonchev–Trinajstić information content (AvgIpc) is 2.51. The molecule has 5 nitrogen and oxygen atoms in total. The molecule has 0 aromatic heterocycles. The van der Waals surface area contributed by atoms with Gasteiger partial charge in [0.15, 0.2) is 0 Å². The zero-order valence-corrected chi connectivity index (χ0v) is 13.2. The predicted octanol–water partition coefficient (Wildman–Crippen LogP) is 3.13. The lowest BCUT2D eigenvalue weighted by Gasteiger charge is -2.48. The quantitative estimate of drug-likeness (QED) is 0.758. The number of rotatable bonds is 6. The van der Waals surface area contributed by atoms with E-state index in [1.54, 1.807) is 4.90 Å². The van der Waals surface area contributed by atoms with Gasteiger partial charge in [-0.2, -0.15) is 0 Å². The molecule has 1 saturated carbocycles. The molecule has 120 valence electrons. The van der Waals surface area contributed by atoms with E-state index in [2.05, 4.69) is 0 Å². The van der Waals surface area contributed by atoms with Crippen molar-refractivity contribution in [3.63, 3.8) is 0 Å². The molecule has 1 aliphatic carbocycles. The Morgan fingerprint density at radius 3 is 2.41 bits per heavy atom. The number of esters is 1. The van der Waals surface area contributed by atoms with Crippen LogP contribution in [0.1, 0.15) is 38.2 Å². The zero-order valence-electron chi connectivity index (χ0n) is 13.2. The Hall–Kier alpha value is -2.04. The monoisotopic (exact) mass is 305 g/mol. The Morgan fingerprint density at radius 2 is 1.91 bits per heavy atom. The number of amides is 1. The minimum absolute atomic E-state index is 0.0576. The molecule has 1 amide bonds. The maximum absolute atomic E-state index is 12.5. The van der Waals surface area contributed by atoms with E-state index in [-0.39, 0.29) is 18.7 Å². The second kappa shape index (κ2) is 7.29. The summed E-state index contributed by atoms with van der Waals surface area (Å²) in [7, 11) is 1.33. The van der Waals surface area contributed by atoms with Gasteiger partial charge in [0.25, 0.3) is 0 Å². The number of methoxy groups -OCH3 is 1. The lowest BCUT2D eigenvalue weighted by atomic mass is 9.73. The maximum atomic E-state index is 12.5. The van der Waals surface area contributed by atoms with Gasteiger partial charge in [-0.05, 0) is 31.2 Å². The normalized spacial score (nSPS) is 15.5. The molecular weight excluding hydrogens is 282 g/mol. The first kappa shape index (κ1) is 16.3. The zero-order chi connectivity index (χ0) is 16.0. The van der Waals surface area contributed by atoms with Gasteiger partial charge in [0, 0.05) is 5.54 Å². The van der Waals surface area contributed by atoms with Crippen molar-refractivity contribution in [2.75, 3.05) is 13.7 Å². The van der Waals surface area contributed by atoms with E-state index >= 15 is 0 Å². The van der Waals surface area contributed by atoms with Gasteiger partial charge < -0.3 is 9.47 Å². The lowest BCUT2D eigenvalue weighted by molar-refractivity contribution is -0.144. The van der Waals surface area contributed by atoms with Crippen molar-refractivity contribution in [3.05, 3.63) is 35.9 Å². The third-order valence-electron chi connectivity index (χ3n) is 4.46. The second-order valence-corrected chi connectivity index (χ2v) is 5.63. The molecule has 1 aromatic rings. The largest absolute Gasteiger partial charge is 0.468 e. The lowest BCUT2D eigenvalue weighted by Crippen LogP contribution is -2.57. The summed E-state index contributed by atoms with van der Waals surface area (Å²) in [6, 6.07) is 9.51. The van der Waals surface area contributed by atoms with Crippen LogP contribution in [0.2, 0.25) is 0 Å². The summed E-state index contributed by atoms with van der Waals surface area (Å²) >= 11 is 0. The summed E-state index contributed by atoms with van der Waals surface area (Å²) in [5, 5.41) is 0. The van der Waals surface area contributed by atoms with Gasteiger partial charge in [0.05, 0.1) is 7.11 Å². The van der Waals surface area contributed by atoms with Crippen LogP contribution in [0.25, 0.3) is 0 Å². The Labute approximate surface area is 131 Å². The molecule has 22 heavy (non-hydrogen) atoms. The standard InChI is InChI=1S/C17H23NO4/c1-3-17(10-7-11-17)18(12-15(19)21-2)16(20)22-13-14-8-5-4-6-9-14/h4-6,8-9H,3,7,10-13H2,1-2H3. The number of carbonyl (C=O) groups is 2. The number of carbonyl (C=O) groups excluding carboxylic acids is 2. The number of hydrogen-bond acceptors (Lipinski definition) is 4.